The highest BCUT2D eigenvalue weighted by atomic mass is 14.9. The maximum atomic E-state index is 5.19. The third kappa shape index (κ3) is 0.337. The van der Waals surface area contributed by atoms with Crippen LogP contribution >= 0.6 is 0 Å². The van der Waals surface area contributed by atoms with E-state index in [4.69, 9.17) is 5.73 Å². The molecule has 0 radical (unpaired) electrons. The van der Waals surface area contributed by atoms with Gasteiger partial charge in [0.1, 0.15) is 0 Å². The molecule has 0 unspecified atom stereocenters. The Morgan fingerprint density at radius 3 is 2.83 bits per heavy atom. The topological polar surface area (TPSA) is 55.9 Å². The summed E-state index contributed by atoms with van der Waals surface area (Å²) in [6, 6.07) is 0. The van der Waals surface area contributed by atoms with Crippen molar-refractivity contribution in [1.29, 1.82) is 0 Å². The van der Waals surface area contributed by atoms with Crippen molar-refractivity contribution in [3.8, 4) is 0 Å². The zero-order valence-electron chi connectivity index (χ0n) is 3.23. The molecule has 1 aromatic heterocycles. The van der Waals surface area contributed by atoms with Crippen LogP contribution in [-0.2, 0) is 0 Å². The van der Waals surface area contributed by atoms with E-state index in [1.165, 1.54) is 0 Å². The van der Waals surface area contributed by atoms with Crippen LogP contribution in [0.4, 0.5) is 5.82 Å². The predicted molar refractivity (Wildman–Crippen MR) is 21.8 cm³/mol. The van der Waals surface area contributed by atoms with E-state index in [1.54, 1.807) is 12.5 Å². The van der Waals surface area contributed by atoms with E-state index in [0.717, 1.165) is 0 Å². The average molecular weight is 84.1 g/mol. The second-order valence-electron chi connectivity index (χ2n) is 1.06. The fraction of sp³-hybridized carbons (Fsp3) is 0. The van der Waals surface area contributed by atoms with E-state index < -0.39 is 0 Å². The van der Waals surface area contributed by atoms with E-state index in [-0.39, 0.29) is 0 Å². The maximum Gasteiger partial charge on any atom is 0.240 e. The molecule has 0 aliphatic rings. The van der Waals surface area contributed by atoms with Crippen LogP contribution in [0.2, 0.25) is 0 Å². The van der Waals surface area contributed by atoms with Crippen molar-refractivity contribution in [2.24, 2.45) is 0 Å². The number of nitrogen functional groups attached to an aromatic ring is 1. The first-order valence-electron chi connectivity index (χ1n) is 1.69. The maximum absolute atomic E-state index is 5.19. The summed E-state index contributed by atoms with van der Waals surface area (Å²) in [5.41, 5.74) is 5.19. The molecule has 0 fully saturated rings. The molecule has 0 saturated heterocycles. The Hall–Kier alpha value is -0.990. The zero-order chi connectivity index (χ0) is 4.41. The van der Waals surface area contributed by atoms with E-state index in [0.29, 0.717) is 5.82 Å². The van der Waals surface area contributed by atoms with Crippen molar-refractivity contribution >= 4 is 5.82 Å². The number of aromatic amines is 2. The highest BCUT2D eigenvalue weighted by molar-refractivity contribution is 5.17. The third-order valence-electron chi connectivity index (χ3n) is 0.561. The Balaban J connectivity index is 3.05. The molecule has 4 N–H and O–H groups in total. The van der Waals surface area contributed by atoms with E-state index in [9.17, 15) is 0 Å². The molecule has 3 nitrogen and oxygen atoms in total. The molecular weight excluding hydrogens is 78.1 g/mol. The van der Waals surface area contributed by atoms with Crippen LogP contribution in [0.15, 0.2) is 12.5 Å². The van der Waals surface area contributed by atoms with Crippen molar-refractivity contribution in [2.45, 2.75) is 0 Å². The normalized spacial score (nSPS) is 8.67. The van der Waals surface area contributed by atoms with Gasteiger partial charge in [-0.25, -0.2) is 9.97 Å². The minimum absolute atomic E-state index is 0.662. The fourth-order valence-corrected chi connectivity index (χ4v) is 0.298. The van der Waals surface area contributed by atoms with Gasteiger partial charge in [0.05, 0.1) is 0 Å². The van der Waals surface area contributed by atoms with Crippen LogP contribution in [0.1, 0.15) is 0 Å². The van der Waals surface area contributed by atoms with Crippen molar-refractivity contribution in [3.63, 3.8) is 0 Å². The van der Waals surface area contributed by atoms with Crippen molar-refractivity contribution < 1.29 is 4.98 Å². The highest BCUT2D eigenvalue weighted by Gasteiger charge is 1.82. The number of nitrogens with one attached hydrogen (secondary N) is 2. The molecule has 0 spiro atoms. The van der Waals surface area contributed by atoms with Crippen molar-refractivity contribution in [1.82, 2.24) is 4.98 Å². The molecule has 0 bridgehead atoms. The smallest absolute Gasteiger partial charge is 0.240 e. The fourth-order valence-electron chi connectivity index (χ4n) is 0.298. The van der Waals surface area contributed by atoms with Gasteiger partial charge in [0.15, 0.2) is 6.20 Å². The Bertz CT molecular complexity index is 110. The van der Waals surface area contributed by atoms with Gasteiger partial charge in [0.25, 0.3) is 0 Å². The van der Waals surface area contributed by atoms with Crippen LogP contribution in [0, 0.1) is 0 Å². The van der Waals surface area contributed by atoms with Crippen molar-refractivity contribution in [3.05, 3.63) is 12.5 Å². The number of rotatable bonds is 0. The van der Waals surface area contributed by atoms with Crippen LogP contribution in [0.3, 0.4) is 0 Å². The predicted octanol–water partition coefficient (Wildman–Crippen LogP) is -0.589. The molecule has 0 aromatic carbocycles. The number of H-pyrrole nitrogens is 2. The number of hydrogen-bond acceptors (Lipinski definition) is 1. The quantitative estimate of drug-likeness (QED) is 0.433. The zero-order valence-corrected chi connectivity index (χ0v) is 3.23. The molecule has 0 aliphatic carbocycles. The van der Waals surface area contributed by atoms with Gasteiger partial charge in [-0.3, -0.25) is 0 Å². The van der Waals surface area contributed by atoms with Gasteiger partial charge in [-0.2, -0.15) is 0 Å². The first-order chi connectivity index (χ1) is 2.89. The summed E-state index contributed by atoms with van der Waals surface area (Å²) < 4.78 is 0. The molecule has 3 heteroatoms. The van der Waals surface area contributed by atoms with Crippen LogP contribution in [-0.4, -0.2) is 4.98 Å². The van der Waals surface area contributed by atoms with E-state index in [2.05, 4.69) is 9.97 Å². The lowest BCUT2D eigenvalue weighted by atomic mass is 10.8. The molecule has 0 aliphatic heterocycles. The molecule has 0 amide bonds. The number of aromatic nitrogens is 2. The molecule has 0 atom stereocenters. The lowest BCUT2D eigenvalue weighted by molar-refractivity contribution is -0.375. The summed E-state index contributed by atoms with van der Waals surface area (Å²) in [6.07, 6.45) is 3.34. The lowest BCUT2D eigenvalue weighted by Gasteiger charge is -1.61. The summed E-state index contributed by atoms with van der Waals surface area (Å²) in [7, 11) is 0. The Morgan fingerprint density at radius 1 is 1.83 bits per heavy atom. The van der Waals surface area contributed by atoms with Gasteiger partial charge in [-0.05, 0) is 0 Å². The van der Waals surface area contributed by atoms with Crippen molar-refractivity contribution in [2.75, 3.05) is 5.73 Å². The first-order valence-corrected chi connectivity index (χ1v) is 1.69. The van der Waals surface area contributed by atoms with Gasteiger partial charge in [0, 0.05) is 0 Å². The van der Waals surface area contributed by atoms with Crippen LogP contribution in [0.25, 0.3) is 0 Å². The molecule has 1 rings (SSSR count). The van der Waals surface area contributed by atoms with Crippen LogP contribution in [0.5, 0.6) is 0 Å². The number of anilines is 1. The number of imidazole rings is 1. The standard InChI is InChI=1S/C3H5N3/c4-3-1-5-2-6-3/h1-2H,4H2,(H,5,6)/p+1. The van der Waals surface area contributed by atoms with Gasteiger partial charge in [0.2, 0.25) is 12.1 Å². The summed E-state index contributed by atoms with van der Waals surface area (Å²) in [4.78, 5) is 5.47. The summed E-state index contributed by atoms with van der Waals surface area (Å²) in [5.74, 6) is 0.662. The van der Waals surface area contributed by atoms with Gasteiger partial charge in [-0.15, -0.1) is 0 Å². The highest BCUT2D eigenvalue weighted by Crippen LogP contribution is 1.80. The molecule has 32 valence electrons. The minimum Gasteiger partial charge on any atom is -0.363 e. The summed E-state index contributed by atoms with van der Waals surface area (Å²) >= 11 is 0. The lowest BCUT2D eigenvalue weighted by Crippen LogP contribution is -1.89. The summed E-state index contributed by atoms with van der Waals surface area (Å²) in [6.45, 7) is 0. The molecule has 0 saturated carbocycles. The van der Waals surface area contributed by atoms with Gasteiger partial charge < -0.3 is 5.73 Å². The summed E-state index contributed by atoms with van der Waals surface area (Å²) in [5, 5.41) is 0. The monoisotopic (exact) mass is 84.1 g/mol. The van der Waals surface area contributed by atoms with Crippen LogP contribution < -0.4 is 10.7 Å². The van der Waals surface area contributed by atoms with Gasteiger partial charge >= 0.3 is 0 Å². The SMILES string of the molecule is Nc1c[nH+]c[nH]1. The Kier molecular flexibility index (Phi) is 0.538. The largest absolute Gasteiger partial charge is 0.363 e. The van der Waals surface area contributed by atoms with E-state index >= 15 is 0 Å². The molecule has 1 aromatic rings. The second kappa shape index (κ2) is 1.01. The molecule has 6 heavy (non-hydrogen) atoms. The molecule has 1 heterocycles. The second-order valence-corrected chi connectivity index (χ2v) is 1.06. The number of hydrogen-bond donors (Lipinski definition) is 2. The number of nitrogens with two attached hydrogens (primary N) is 1. The minimum atomic E-state index is 0.662. The van der Waals surface area contributed by atoms with E-state index in [1.807, 2.05) is 0 Å². The average Bonchev–Trinajstić information content (AvgIpc) is 1.86. The Morgan fingerprint density at radius 2 is 2.67 bits per heavy atom. The Labute approximate surface area is 35.2 Å². The third-order valence-corrected chi connectivity index (χ3v) is 0.561. The molecular formula is C3H6N3+. The van der Waals surface area contributed by atoms with Gasteiger partial charge in [-0.1, -0.05) is 0 Å². The first kappa shape index (κ1) is 3.21.